The lowest BCUT2D eigenvalue weighted by Crippen LogP contribution is -2.24. The Labute approximate surface area is 221 Å². The number of hydrogen-bond acceptors (Lipinski definition) is 7. The summed E-state index contributed by atoms with van der Waals surface area (Å²) in [5.41, 5.74) is 4.21. The molecule has 7 nitrogen and oxygen atoms in total. The van der Waals surface area contributed by atoms with Crippen molar-refractivity contribution in [2.24, 2.45) is 0 Å². The largest absolute Gasteiger partial charge is 0.477 e. The standard InChI is InChI=1S/C31H24N6O/c1-2-38-31-25(18-32)27(24-16-10-5-11-17-24)28-29(36-31)34-26(19-33)35-30(28)37(20-22-12-6-3-7-13-22)21-23-14-8-4-9-15-23/h3-17H,2,20-21H2,1H3. The van der Waals surface area contributed by atoms with Crippen molar-refractivity contribution in [3.63, 3.8) is 0 Å². The summed E-state index contributed by atoms with van der Waals surface area (Å²) in [5, 5.41) is 20.7. The zero-order valence-corrected chi connectivity index (χ0v) is 20.9. The molecule has 0 atom stereocenters. The van der Waals surface area contributed by atoms with Gasteiger partial charge in [-0.1, -0.05) is 91.0 Å². The molecule has 7 heteroatoms. The van der Waals surface area contributed by atoms with Gasteiger partial charge in [0.2, 0.25) is 11.7 Å². The summed E-state index contributed by atoms with van der Waals surface area (Å²) in [6.45, 7) is 3.22. The zero-order chi connectivity index (χ0) is 26.3. The molecule has 0 bridgehead atoms. The van der Waals surface area contributed by atoms with Crippen LogP contribution >= 0.6 is 0 Å². The van der Waals surface area contributed by atoms with Crippen LogP contribution in [0.3, 0.4) is 0 Å². The first kappa shape index (κ1) is 24.4. The number of fused-ring (bicyclic) bond motifs is 1. The topological polar surface area (TPSA) is 98.7 Å². The van der Waals surface area contributed by atoms with E-state index >= 15 is 0 Å². The predicted octanol–water partition coefficient (Wildman–Crippen LogP) is 6.04. The Balaban J connectivity index is 1.84. The molecule has 0 saturated heterocycles. The van der Waals surface area contributed by atoms with Gasteiger partial charge in [-0.15, -0.1) is 0 Å². The van der Waals surface area contributed by atoms with Gasteiger partial charge in [0, 0.05) is 18.7 Å². The van der Waals surface area contributed by atoms with Gasteiger partial charge < -0.3 is 9.64 Å². The van der Waals surface area contributed by atoms with Crippen molar-refractivity contribution >= 4 is 16.9 Å². The maximum absolute atomic E-state index is 10.3. The second-order valence-corrected chi connectivity index (χ2v) is 8.59. The van der Waals surface area contributed by atoms with Gasteiger partial charge in [0.05, 0.1) is 12.0 Å². The van der Waals surface area contributed by atoms with Crippen LogP contribution in [0.5, 0.6) is 5.88 Å². The van der Waals surface area contributed by atoms with Gasteiger partial charge in [-0.3, -0.25) is 0 Å². The van der Waals surface area contributed by atoms with E-state index in [1.54, 1.807) is 0 Å². The molecule has 0 unspecified atom stereocenters. The fraction of sp³-hybridized carbons (Fsp3) is 0.129. The Kier molecular flexibility index (Phi) is 7.20. The summed E-state index contributed by atoms with van der Waals surface area (Å²) in [7, 11) is 0. The lowest BCUT2D eigenvalue weighted by atomic mass is 9.97. The molecule has 3 aromatic carbocycles. The molecule has 0 aliphatic heterocycles. The van der Waals surface area contributed by atoms with Crippen LogP contribution in [0.25, 0.3) is 22.2 Å². The van der Waals surface area contributed by atoms with E-state index in [-0.39, 0.29) is 11.7 Å². The zero-order valence-electron chi connectivity index (χ0n) is 20.9. The van der Waals surface area contributed by atoms with E-state index in [0.717, 1.165) is 16.7 Å². The lowest BCUT2D eigenvalue weighted by Gasteiger charge is -2.26. The Morgan fingerprint density at radius 3 is 1.84 bits per heavy atom. The molecule has 0 spiro atoms. The molecule has 0 N–H and O–H groups in total. The van der Waals surface area contributed by atoms with Gasteiger partial charge in [-0.2, -0.15) is 20.5 Å². The average Bonchev–Trinajstić information content (AvgIpc) is 2.97. The van der Waals surface area contributed by atoms with E-state index in [1.807, 2.05) is 73.7 Å². The summed E-state index contributed by atoms with van der Waals surface area (Å²) in [6.07, 6.45) is 0. The molecule has 2 aromatic heterocycles. The SMILES string of the molecule is CCOc1nc2nc(C#N)nc(N(Cc3ccccc3)Cc3ccccc3)c2c(-c2ccccc2)c1C#N. The van der Waals surface area contributed by atoms with Crippen LogP contribution in [0, 0.1) is 22.7 Å². The lowest BCUT2D eigenvalue weighted by molar-refractivity contribution is 0.327. The summed E-state index contributed by atoms with van der Waals surface area (Å²) >= 11 is 0. The first-order valence-corrected chi connectivity index (χ1v) is 12.3. The molecule has 5 aromatic rings. The smallest absolute Gasteiger partial charge is 0.236 e. The Bertz CT molecular complexity index is 1600. The van der Waals surface area contributed by atoms with Crippen LogP contribution in [0.4, 0.5) is 5.82 Å². The van der Waals surface area contributed by atoms with Crippen molar-refractivity contribution in [2.75, 3.05) is 11.5 Å². The normalized spacial score (nSPS) is 10.5. The van der Waals surface area contributed by atoms with Crippen LogP contribution < -0.4 is 9.64 Å². The number of benzene rings is 3. The molecule has 0 amide bonds. The van der Waals surface area contributed by atoms with Crippen molar-refractivity contribution in [3.8, 4) is 29.1 Å². The molecule has 0 aliphatic rings. The van der Waals surface area contributed by atoms with E-state index in [9.17, 15) is 10.5 Å². The summed E-state index contributed by atoms with van der Waals surface area (Å²) in [6, 6.07) is 34.2. The summed E-state index contributed by atoms with van der Waals surface area (Å²) in [5.74, 6) is 0.718. The maximum Gasteiger partial charge on any atom is 0.236 e. The number of aromatic nitrogens is 3. The highest BCUT2D eigenvalue weighted by atomic mass is 16.5. The number of nitriles is 2. The monoisotopic (exact) mass is 496 g/mol. The molecule has 2 heterocycles. The van der Waals surface area contributed by atoms with Gasteiger partial charge in [-0.05, 0) is 23.6 Å². The second kappa shape index (κ2) is 11.2. The predicted molar refractivity (Wildman–Crippen MR) is 146 cm³/mol. The van der Waals surface area contributed by atoms with E-state index in [1.165, 1.54) is 0 Å². The van der Waals surface area contributed by atoms with Crippen molar-refractivity contribution in [1.29, 1.82) is 10.5 Å². The van der Waals surface area contributed by atoms with E-state index in [2.05, 4.69) is 51.3 Å². The third kappa shape index (κ3) is 5.00. The second-order valence-electron chi connectivity index (χ2n) is 8.59. The van der Waals surface area contributed by atoms with Crippen LogP contribution in [-0.4, -0.2) is 21.6 Å². The first-order valence-electron chi connectivity index (χ1n) is 12.3. The summed E-state index contributed by atoms with van der Waals surface area (Å²) in [4.78, 5) is 15.9. The fourth-order valence-electron chi connectivity index (χ4n) is 4.46. The molecule has 0 aliphatic carbocycles. The molecule has 5 rings (SSSR count). The highest BCUT2D eigenvalue weighted by Gasteiger charge is 2.25. The third-order valence-corrected chi connectivity index (χ3v) is 6.08. The average molecular weight is 497 g/mol. The van der Waals surface area contributed by atoms with E-state index < -0.39 is 0 Å². The van der Waals surface area contributed by atoms with Crippen molar-refractivity contribution < 1.29 is 4.74 Å². The van der Waals surface area contributed by atoms with Gasteiger partial charge in [0.25, 0.3) is 0 Å². The minimum Gasteiger partial charge on any atom is -0.477 e. The molecular formula is C31H24N6O. The third-order valence-electron chi connectivity index (χ3n) is 6.08. The van der Waals surface area contributed by atoms with Crippen molar-refractivity contribution in [1.82, 2.24) is 15.0 Å². The molecule has 0 radical (unpaired) electrons. The first-order chi connectivity index (χ1) is 18.7. The Hall–Kier alpha value is -5.27. The van der Waals surface area contributed by atoms with Crippen LogP contribution in [0.15, 0.2) is 91.0 Å². The minimum atomic E-state index is -0.00251. The summed E-state index contributed by atoms with van der Waals surface area (Å²) < 4.78 is 5.77. The Morgan fingerprint density at radius 1 is 0.737 bits per heavy atom. The van der Waals surface area contributed by atoms with E-state index in [4.69, 9.17) is 9.72 Å². The fourth-order valence-corrected chi connectivity index (χ4v) is 4.46. The molecule has 0 saturated carbocycles. The minimum absolute atomic E-state index is 0.00251. The number of rotatable bonds is 8. The number of hydrogen-bond donors (Lipinski definition) is 0. The molecule has 0 fully saturated rings. The van der Waals surface area contributed by atoms with Crippen molar-refractivity contribution in [2.45, 2.75) is 20.0 Å². The van der Waals surface area contributed by atoms with Gasteiger partial charge >= 0.3 is 0 Å². The van der Waals surface area contributed by atoms with Gasteiger partial charge in [0.15, 0.2) is 5.65 Å². The Morgan fingerprint density at radius 2 is 1.32 bits per heavy atom. The molecular weight excluding hydrogens is 472 g/mol. The van der Waals surface area contributed by atoms with Crippen LogP contribution in [0.1, 0.15) is 29.4 Å². The van der Waals surface area contributed by atoms with Crippen LogP contribution in [0.2, 0.25) is 0 Å². The number of anilines is 1. The number of ether oxygens (including phenoxy) is 1. The van der Waals surface area contributed by atoms with Crippen LogP contribution in [-0.2, 0) is 13.1 Å². The van der Waals surface area contributed by atoms with E-state index in [0.29, 0.717) is 47.7 Å². The quantitative estimate of drug-likeness (QED) is 0.258. The molecule has 38 heavy (non-hydrogen) atoms. The maximum atomic E-state index is 10.3. The molecule has 184 valence electrons. The number of nitrogens with zero attached hydrogens (tertiary/aromatic N) is 6. The van der Waals surface area contributed by atoms with Crippen molar-refractivity contribution in [3.05, 3.63) is 114 Å². The highest BCUT2D eigenvalue weighted by molar-refractivity contribution is 6.03. The van der Waals surface area contributed by atoms with Gasteiger partial charge in [0.1, 0.15) is 23.5 Å². The number of pyridine rings is 1. The van der Waals surface area contributed by atoms with Gasteiger partial charge in [-0.25, -0.2) is 4.98 Å². The highest BCUT2D eigenvalue weighted by Crippen LogP contribution is 2.40.